The molecule has 0 aromatic heterocycles. The third-order valence-electron chi connectivity index (χ3n) is 2.08. The van der Waals surface area contributed by atoms with E-state index >= 15 is 0 Å². The van der Waals surface area contributed by atoms with Gasteiger partial charge in [0.25, 0.3) is 5.69 Å². The van der Waals surface area contributed by atoms with E-state index < -0.39 is 21.6 Å². The highest BCUT2D eigenvalue weighted by Crippen LogP contribution is 2.26. The van der Waals surface area contributed by atoms with Crippen LogP contribution in [0.25, 0.3) is 0 Å². The van der Waals surface area contributed by atoms with Crippen LogP contribution in [0.3, 0.4) is 0 Å². The monoisotopic (exact) mass is 246 g/mol. The van der Waals surface area contributed by atoms with Gasteiger partial charge in [-0.15, -0.1) is 0 Å². The van der Waals surface area contributed by atoms with Crippen molar-refractivity contribution in [1.82, 2.24) is 0 Å². The Kier molecular flexibility index (Phi) is 3.27. The number of rotatable bonds is 3. The van der Waals surface area contributed by atoms with Gasteiger partial charge in [-0.3, -0.25) is 10.1 Å². The predicted molar refractivity (Wildman–Crippen MR) is 55.1 cm³/mol. The molecule has 0 saturated heterocycles. The molecule has 0 fully saturated rings. The van der Waals surface area contributed by atoms with E-state index in [1.807, 2.05) is 0 Å². The first-order valence-electron chi connectivity index (χ1n) is 4.19. The number of hydrogen-bond acceptors (Lipinski definition) is 5. The highest BCUT2D eigenvalue weighted by molar-refractivity contribution is 7.89. The fourth-order valence-electron chi connectivity index (χ4n) is 1.30. The lowest BCUT2D eigenvalue weighted by atomic mass is 10.1. The molecule has 0 bridgehead atoms. The van der Waals surface area contributed by atoms with Crippen LogP contribution < -0.4 is 5.14 Å². The van der Waals surface area contributed by atoms with Crippen molar-refractivity contribution in [1.29, 1.82) is 0 Å². The third-order valence-corrected chi connectivity index (χ3v) is 3.12. The number of nitro benzene ring substituents is 1. The van der Waals surface area contributed by atoms with Gasteiger partial charge in [0.1, 0.15) is 0 Å². The van der Waals surface area contributed by atoms with Crippen molar-refractivity contribution < 1.29 is 18.4 Å². The molecule has 0 atom stereocenters. The van der Waals surface area contributed by atoms with Crippen molar-refractivity contribution in [2.75, 3.05) is 0 Å². The maximum atomic E-state index is 11.2. The van der Waals surface area contributed by atoms with E-state index in [2.05, 4.69) is 0 Å². The zero-order chi connectivity index (χ0) is 12.5. The summed E-state index contributed by atoms with van der Waals surface area (Å²) in [5.41, 5.74) is -0.290. The maximum absolute atomic E-state index is 11.2. The Hall–Kier alpha value is -1.51. The molecule has 0 heterocycles. The largest absolute Gasteiger partial charge is 0.392 e. The van der Waals surface area contributed by atoms with Crippen LogP contribution in [-0.2, 0) is 16.6 Å². The molecule has 0 aliphatic heterocycles. The Morgan fingerprint density at radius 2 is 2.06 bits per heavy atom. The van der Waals surface area contributed by atoms with Crippen molar-refractivity contribution in [3.05, 3.63) is 33.4 Å². The Labute approximate surface area is 91.7 Å². The van der Waals surface area contributed by atoms with Crippen LogP contribution in [0.4, 0.5) is 5.69 Å². The number of nitrogens with two attached hydrogens (primary N) is 1. The van der Waals surface area contributed by atoms with Gasteiger partial charge in [0.2, 0.25) is 10.0 Å². The first-order chi connectivity index (χ1) is 7.27. The minimum absolute atomic E-state index is 0.0373. The molecule has 0 aliphatic carbocycles. The second-order valence-electron chi connectivity index (χ2n) is 3.20. The van der Waals surface area contributed by atoms with Gasteiger partial charge < -0.3 is 5.11 Å². The predicted octanol–water partition coefficient (Wildman–Crippen LogP) is 0.0429. The minimum atomic E-state index is -4.04. The van der Waals surface area contributed by atoms with Gasteiger partial charge in [-0.05, 0) is 18.6 Å². The van der Waals surface area contributed by atoms with Crippen molar-refractivity contribution in [2.45, 2.75) is 18.4 Å². The molecule has 0 saturated carbocycles. The lowest BCUT2D eigenvalue weighted by Crippen LogP contribution is -2.15. The molecule has 3 N–H and O–H groups in total. The Morgan fingerprint density at radius 1 is 1.50 bits per heavy atom. The number of benzene rings is 1. The number of sulfonamides is 1. The van der Waals surface area contributed by atoms with Crippen LogP contribution in [0.15, 0.2) is 17.0 Å². The lowest BCUT2D eigenvalue weighted by Gasteiger charge is -2.06. The molecule has 8 heteroatoms. The van der Waals surface area contributed by atoms with E-state index in [1.165, 1.54) is 6.92 Å². The van der Waals surface area contributed by atoms with E-state index in [0.29, 0.717) is 0 Å². The first kappa shape index (κ1) is 12.6. The van der Waals surface area contributed by atoms with Gasteiger partial charge in [-0.25, -0.2) is 13.6 Å². The fraction of sp³-hybridized carbons (Fsp3) is 0.250. The minimum Gasteiger partial charge on any atom is -0.392 e. The molecule has 0 spiro atoms. The zero-order valence-electron chi connectivity index (χ0n) is 8.37. The topological polar surface area (TPSA) is 124 Å². The number of nitrogens with zero attached hydrogens (tertiary/aromatic N) is 1. The van der Waals surface area contributed by atoms with Crippen molar-refractivity contribution in [3.8, 4) is 0 Å². The number of nitro groups is 1. The van der Waals surface area contributed by atoms with Crippen LogP contribution in [0.2, 0.25) is 0 Å². The standard InChI is InChI=1S/C8H10N2O5S/c1-5-7(10(12)13)2-6(4-11)3-8(5)16(9,14)15/h2-3,11H,4H2,1H3,(H2,9,14,15). The molecule has 1 rings (SSSR count). The second kappa shape index (κ2) is 4.16. The second-order valence-corrected chi connectivity index (χ2v) is 4.73. The van der Waals surface area contributed by atoms with E-state index in [-0.39, 0.29) is 21.7 Å². The third kappa shape index (κ3) is 2.35. The molecule has 88 valence electrons. The summed E-state index contributed by atoms with van der Waals surface area (Å²) in [7, 11) is -4.04. The van der Waals surface area contributed by atoms with E-state index in [4.69, 9.17) is 10.2 Å². The number of aliphatic hydroxyl groups excluding tert-OH is 1. The molecule has 0 unspecified atom stereocenters. The summed E-state index contributed by atoms with van der Waals surface area (Å²) >= 11 is 0. The highest BCUT2D eigenvalue weighted by atomic mass is 32.2. The molecular formula is C8H10N2O5S. The molecular weight excluding hydrogens is 236 g/mol. The molecule has 7 nitrogen and oxygen atoms in total. The van der Waals surface area contributed by atoms with Gasteiger partial charge >= 0.3 is 0 Å². The summed E-state index contributed by atoms with van der Waals surface area (Å²) in [6.07, 6.45) is 0. The van der Waals surface area contributed by atoms with Gasteiger partial charge in [0.05, 0.1) is 16.4 Å². The number of hydrogen-bond donors (Lipinski definition) is 2. The van der Waals surface area contributed by atoms with Crippen LogP contribution in [-0.4, -0.2) is 18.4 Å². The summed E-state index contributed by atoms with van der Waals surface area (Å²) in [5.74, 6) is 0. The van der Waals surface area contributed by atoms with Gasteiger partial charge in [0.15, 0.2) is 0 Å². The summed E-state index contributed by atoms with van der Waals surface area (Å²) in [4.78, 5) is 9.60. The average Bonchev–Trinajstić information content (AvgIpc) is 2.15. The summed E-state index contributed by atoms with van der Waals surface area (Å²) in [6, 6.07) is 2.24. The first-order valence-corrected chi connectivity index (χ1v) is 5.73. The van der Waals surface area contributed by atoms with Gasteiger partial charge in [0, 0.05) is 11.6 Å². The molecule has 16 heavy (non-hydrogen) atoms. The molecule has 1 aromatic carbocycles. The van der Waals surface area contributed by atoms with Gasteiger partial charge in [-0.1, -0.05) is 0 Å². The SMILES string of the molecule is Cc1c([N+](=O)[O-])cc(CO)cc1S(N)(=O)=O. The highest BCUT2D eigenvalue weighted by Gasteiger charge is 2.21. The van der Waals surface area contributed by atoms with Gasteiger partial charge in [-0.2, -0.15) is 0 Å². The molecule has 0 radical (unpaired) electrons. The zero-order valence-corrected chi connectivity index (χ0v) is 9.19. The van der Waals surface area contributed by atoms with E-state index in [1.54, 1.807) is 0 Å². The summed E-state index contributed by atoms with van der Waals surface area (Å²) < 4.78 is 22.3. The summed E-state index contributed by atoms with van der Waals surface area (Å²) in [5, 5.41) is 24.4. The number of aliphatic hydroxyl groups is 1. The Bertz CT molecular complexity index is 538. The van der Waals surface area contributed by atoms with Crippen molar-refractivity contribution in [2.24, 2.45) is 5.14 Å². The molecule has 0 aliphatic rings. The number of primary sulfonamides is 1. The summed E-state index contributed by atoms with van der Waals surface area (Å²) in [6.45, 7) is 0.794. The maximum Gasteiger partial charge on any atom is 0.274 e. The van der Waals surface area contributed by atoms with Crippen molar-refractivity contribution >= 4 is 15.7 Å². The fourth-order valence-corrected chi connectivity index (χ4v) is 2.15. The normalized spacial score (nSPS) is 11.4. The molecule has 1 aromatic rings. The van der Waals surface area contributed by atoms with Crippen LogP contribution in [0.1, 0.15) is 11.1 Å². The van der Waals surface area contributed by atoms with Crippen molar-refractivity contribution in [3.63, 3.8) is 0 Å². The van der Waals surface area contributed by atoms with Crippen LogP contribution in [0.5, 0.6) is 0 Å². The van der Waals surface area contributed by atoms with Crippen LogP contribution >= 0.6 is 0 Å². The van der Waals surface area contributed by atoms with Crippen LogP contribution in [0, 0.1) is 17.0 Å². The van der Waals surface area contributed by atoms with E-state index in [0.717, 1.165) is 12.1 Å². The lowest BCUT2D eigenvalue weighted by molar-refractivity contribution is -0.385. The quantitative estimate of drug-likeness (QED) is 0.575. The smallest absolute Gasteiger partial charge is 0.274 e. The Balaban J connectivity index is 3.63. The average molecular weight is 246 g/mol. The Morgan fingerprint density at radius 3 is 2.44 bits per heavy atom. The molecule has 0 amide bonds. The van der Waals surface area contributed by atoms with E-state index in [9.17, 15) is 18.5 Å².